The molecular weight excluding hydrogens is 253 g/mol. The van der Waals surface area contributed by atoms with Crippen molar-refractivity contribution in [3.63, 3.8) is 0 Å². The molecule has 92 valence electrons. The minimum atomic E-state index is -4.48. The number of hydrogen-bond acceptors (Lipinski definition) is 5. The van der Waals surface area contributed by atoms with Crippen LogP contribution in [-0.2, 0) is 19.7 Å². The summed E-state index contributed by atoms with van der Waals surface area (Å²) >= 11 is 0. The average molecular weight is 263 g/mol. The largest absolute Gasteiger partial charge is 1.00 e. The molecule has 0 saturated heterocycles. The summed E-state index contributed by atoms with van der Waals surface area (Å²) in [6, 6.07) is 4.74. The molecule has 0 unspecified atom stereocenters. The zero-order valence-electron chi connectivity index (χ0n) is 9.97. The summed E-state index contributed by atoms with van der Waals surface area (Å²) in [4.78, 5) is 21.5. The second-order valence-corrected chi connectivity index (χ2v) is 4.79. The van der Waals surface area contributed by atoms with Crippen molar-refractivity contribution in [1.29, 1.82) is 0 Å². The summed E-state index contributed by atoms with van der Waals surface area (Å²) in [5.74, 6) is -0.767. The molecule has 1 amide bonds. The Labute approximate surface area is 117 Å². The Morgan fingerprint density at radius 1 is 1.22 bits per heavy atom. The Balaban J connectivity index is 0.00000289. The first kappa shape index (κ1) is 16.9. The minimum absolute atomic E-state index is 0. The van der Waals surface area contributed by atoms with E-state index in [1.807, 2.05) is 0 Å². The van der Waals surface area contributed by atoms with E-state index in [1.54, 1.807) is 0 Å². The van der Waals surface area contributed by atoms with Crippen LogP contribution in [0, 0.1) is 0 Å². The molecule has 0 fully saturated rings. The van der Waals surface area contributed by atoms with Gasteiger partial charge in [-0.3, -0.25) is 9.59 Å². The number of rotatable bonds is 4. The second kappa shape index (κ2) is 6.71. The molecule has 6 nitrogen and oxygen atoms in total. The molecule has 0 spiro atoms. The van der Waals surface area contributed by atoms with Crippen LogP contribution in [0.5, 0.6) is 0 Å². The smallest absolute Gasteiger partial charge is 0.744 e. The van der Waals surface area contributed by atoms with Crippen LogP contribution in [0.4, 0.5) is 5.69 Å². The van der Waals surface area contributed by atoms with Crippen molar-refractivity contribution in [2.75, 3.05) is 5.32 Å². The van der Waals surface area contributed by atoms with Gasteiger partial charge in [-0.25, -0.2) is 8.42 Å². The van der Waals surface area contributed by atoms with Gasteiger partial charge in [0.15, 0.2) is 0 Å². The minimum Gasteiger partial charge on any atom is -0.744 e. The van der Waals surface area contributed by atoms with Crippen molar-refractivity contribution >= 4 is 27.5 Å². The normalized spacial score (nSPS) is 10.3. The van der Waals surface area contributed by atoms with Gasteiger partial charge in [0.2, 0.25) is 5.91 Å². The standard InChI is InChI=1S/C10H11NO5S.Li/c1-7(12)6-10(13)11-8-2-4-9(5-3-8)17(14,15)16;/h2-5H,6H2,1H3,(H,11,13)(H,14,15,16);/q;+1/p-1. The van der Waals surface area contributed by atoms with E-state index in [0.29, 0.717) is 5.69 Å². The Kier molecular flexibility index (Phi) is 6.29. The third kappa shape index (κ3) is 5.47. The van der Waals surface area contributed by atoms with Crippen molar-refractivity contribution in [3.05, 3.63) is 24.3 Å². The number of carbonyl (C=O) groups is 2. The molecule has 0 radical (unpaired) electrons. The summed E-state index contributed by atoms with van der Waals surface area (Å²) in [7, 11) is -4.48. The van der Waals surface area contributed by atoms with Gasteiger partial charge in [0, 0.05) is 5.69 Å². The maximum absolute atomic E-state index is 11.2. The molecule has 0 saturated carbocycles. The Morgan fingerprint density at radius 3 is 2.11 bits per heavy atom. The van der Waals surface area contributed by atoms with Gasteiger partial charge in [-0.15, -0.1) is 0 Å². The SMILES string of the molecule is CC(=O)CC(=O)Nc1ccc(S(=O)(=O)[O-])cc1.[Li+]. The molecule has 0 aromatic heterocycles. The number of anilines is 1. The van der Waals surface area contributed by atoms with Crippen molar-refractivity contribution in [2.24, 2.45) is 0 Å². The Bertz CT molecular complexity index is 538. The van der Waals surface area contributed by atoms with Gasteiger partial charge >= 0.3 is 18.9 Å². The first-order valence-electron chi connectivity index (χ1n) is 4.64. The van der Waals surface area contributed by atoms with Crippen LogP contribution in [0.15, 0.2) is 29.2 Å². The molecule has 0 heterocycles. The van der Waals surface area contributed by atoms with Gasteiger partial charge in [-0.2, -0.15) is 0 Å². The first-order valence-corrected chi connectivity index (χ1v) is 6.05. The third-order valence-electron chi connectivity index (χ3n) is 1.84. The van der Waals surface area contributed by atoms with Crippen molar-refractivity contribution in [2.45, 2.75) is 18.2 Å². The van der Waals surface area contributed by atoms with Crippen LogP contribution >= 0.6 is 0 Å². The summed E-state index contributed by atoms with van der Waals surface area (Å²) in [6.07, 6.45) is -0.248. The molecular formula is C10H10LiNO5S. The van der Waals surface area contributed by atoms with Gasteiger partial charge in [-0.1, -0.05) is 0 Å². The Hall–Kier alpha value is -1.13. The zero-order valence-corrected chi connectivity index (χ0v) is 10.8. The number of amides is 1. The van der Waals surface area contributed by atoms with Gasteiger partial charge in [0.05, 0.1) is 11.3 Å². The van der Waals surface area contributed by atoms with E-state index in [-0.39, 0.29) is 36.0 Å². The topological polar surface area (TPSA) is 103 Å². The zero-order chi connectivity index (χ0) is 13.1. The molecule has 1 N–H and O–H groups in total. The fraction of sp³-hybridized carbons (Fsp3) is 0.200. The molecule has 0 atom stereocenters. The monoisotopic (exact) mass is 263 g/mol. The van der Waals surface area contributed by atoms with Crippen LogP contribution in [0.3, 0.4) is 0 Å². The predicted octanol–water partition coefficient (Wildman–Crippen LogP) is -2.49. The van der Waals surface area contributed by atoms with Crippen LogP contribution in [0.1, 0.15) is 13.3 Å². The van der Waals surface area contributed by atoms with Gasteiger partial charge in [-0.05, 0) is 31.2 Å². The molecule has 0 aliphatic carbocycles. The van der Waals surface area contributed by atoms with E-state index in [1.165, 1.54) is 19.1 Å². The molecule has 1 aromatic carbocycles. The number of nitrogens with one attached hydrogen (secondary N) is 1. The second-order valence-electron chi connectivity index (χ2n) is 3.41. The third-order valence-corrected chi connectivity index (χ3v) is 2.69. The quantitative estimate of drug-likeness (QED) is 0.368. The van der Waals surface area contributed by atoms with Crippen LogP contribution in [-0.4, -0.2) is 24.7 Å². The van der Waals surface area contributed by atoms with Gasteiger partial charge in [0.1, 0.15) is 15.9 Å². The molecule has 1 rings (SSSR count). The molecule has 18 heavy (non-hydrogen) atoms. The summed E-state index contributed by atoms with van der Waals surface area (Å²) < 4.78 is 31.9. The maximum atomic E-state index is 11.2. The first-order chi connectivity index (χ1) is 7.79. The van der Waals surface area contributed by atoms with Gasteiger partial charge in [0.25, 0.3) is 0 Å². The van der Waals surface area contributed by atoms with Crippen molar-refractivity contribution in [3.8, 4) is 0 Å². The van der Waals surface area contributed by atoms with E-state index in [9.17, 15) is 22.6 Å². The van der Waals surface area contributed by atoms with Crippen LogP contribution in [0.2, 0.25) is 0 Å². The van der Waals surface area contributed by atoms with Crippen molar-refractivity contribution in [1.82, 2.24) is 0 Å². The van der Waals surface area contributed by atoms with Gasteiger partial charge < -0.3 is 9.87 Å². The number of ketones is 1. The van der Waals surface area contributed by atoms with E-state index in [2.05, 4.69) is 5.32 Å². The number of benzene rings is 1. The van der Waals surface area contributed by atoms with Crippen molar-refractivity contribution < 1.29 is 41.4 Å². The Morgan fingerprint density at radius 2 is 1.72 bits per heavy atom. The fourth-order valence-corrected chi connectivity index (χ4v) is 1.61. The average Bonchev–Trinajstić information content (AvgIpc) is 2.15. The summed E-state index contributed by atoms with van der Waals surface area (Å²) in [5.41, 5.74) is 0.323. The molecule has 8 heteroatoms. The van der Waals surface area contributed by atoms with E-state index in [0.717, 1.165) is 12.1 Å². The van der Waals surface area contributed by atoms with E-state index in [4.69, 9.17) is 0 Å². The molecule has 0 bridgehead atoms. The van der Waals surface area contributed by atoms with E-state index < -0.39 is 16.0 Å². The van der Waals surface area contributed by atoms with Crippen LogP contribution in [0.25, 0.3) is 0 Å². The molecule has 0 aliphatic heterocycles. The number of Topliss-reactive ketones (excluding diaryl/α,β-unsaturated/α-hetero) is 1. The summed E-state index contributed by atoms with van der Waals surface area (Å²) in [6.45, 7) is 1.28. The van der Waals surface area contributed by atoms with E-state index >= 15 is 0 Å². The molecule has 1 aromatic rings. The predicted molar refractivity (Wildman–Crippen MR) is 58.3 cm³/mol. The van der Waals surface area contributed by atoms with Crippen LogP contribution < -0.4 is 24.2 Å². The maximum Gasteiger partial charge on any atom is 1.00 e. The summed E-state index contributed by atoms with van der Waals surface area (Å²) in [5, 5.41) is 2.40. The molecule has 0 aliphatic rings. The fourth-order valence-electron chi connectivity index (χ4n) is 1.14. The number of hydrogen-bond donors (Lipinski definition) is 1. The number of carbonyl (C=O) groups excluding carboxylic acids is 2.